The van der Waals surface area contributed by atoms with Crippen LogP contribution in [0.1, 0.15) is 13.8 Å². The van der Waals surface area contributed by atoms with Gasteiger partial charge in [-0.05, 0) is 12.5 Å². The first-order valence-corrected chi connectivity index (χ1v) is 9.99. The summed E-state index contributed by atoms with van der Waals surface area (Å²) in [5.74, 6) is -1.96. The molecule has 1 fully saturated rings. The lowest BCUT2D eigenvalue weighted by Gasteiger charge is -2.47. The average Bonchev–Trinajstić information content (AvgIpc) is 2.82. The molecule has 27 heavy (non-hydrogen) atoms. The molecular formula is C19H21ClN2O4S. The van der Waals surface area contributed by atoms with Gasteiger partial charge in [-0.3, -0.25) is 4.79 Å². The molecule has 144 valence electrons. The van der Waals surface area contributed by atoms with Gasteiger partial charge in [0, 0.05) is 28.7 Å². The number of β-lactam (4-membered cyclic amide) rings is 1. The van der Waals surface area contributed by atoms with Crippen LogP contribution in [0, 0.1) is 11.8 Å². The molecule has 0 aliphatic carbocycles. The highest BCUT2D eigenvalue weighted by atomic mass is 35.5. The molecule has 0 spiro atoms. The summed E-state index contributed by atoms with van der Waals surface area (Å²) in [6.07, 6.45) is 2.95. The highest BCUT2D eigenvalue weighted by molar-refractivity contribution is 7.99. The van der Waals surface area contributed by atoms with E-state index < -0.39 is 18.0 Å². The molecule has 0 saturated carbocycles. The molecule has 2 aliphatic heterocycles. The molecule has 3 rings (SSSR count). The molecule has 6 nitrogen and oxygen atoms in total. The molecule has 0 unspecified atom stereocenters. The summed E-state index contributed by atoms with van der Waals surface area (Å²) in [6, 6.07) is 3.53. The van der Waals surface area contributed by atoms with Gasteiger partial charge in [0.15, 0.2) is 18.9 Å². The van der Waals surface area contributed by atoms with Gasteiger partial charge < -0.3 is 19.9 Å². The number of carboxylic acids is 1. The Bertz CT molecular complexity index is 822. The van der Waals surface area contributed by atoms with Gasteiger partial charge >= 0.3 is 0 Å². The number of aliphatic hydroxyl groups is 1. The van der Waals surface area contributed by atoms with Crippen LogP contribution in [-0.4, -0.2) is 39.8 Å². The third kappa shape index (κ3) is 3.63. The highest BCUT2D eigenvalue weighted by Crippen LogP contribution is 2.47. The van der Waals surface area contributed by atoms with E-state index in [1.54, 1.807) is 6.92 Å². The summed E-state index contributed by atoms with van der Waals surface area (Å²) in [5, 5.41) is 22.1. The minimum Gasteiger partial charge on any atom is -0.543 e. The normalized spacial score (nSPS) is 25.3. The number of aliphatic carboxylic acids is 1. The minimum absolute atomic E-state index is 0.0358. The van der Waals surface area contributed by atoms with Crippen LogP contribution in [0.3, 0.4) is 0 Å². The van der Waals surface area contributed by atoms with E-state index in [0.717, 1.165) is 4.90 Å². The Morgan fingerprint density at radius 1 is 1.48 bits per heavy atom. The molecule has 8 heteroatoms. The number of nitrogens with zero attached hydrogens (tertiary/aromatic N) is 2. The first kappa shape index (κ1) is 19.9. The lowest BCUT2D eigenvalue weighted by atomic mass is 9.78. The SMILES string of the molecule is C=C(Cl)C[n+]1ccc(SCC2=C(C(=O)[O-])N3C(=O)[C@H]([C@@H](C)O)[C@H]3[C@H]2C)cc1. The number of pyridine rings is 1. The van der Waals surface area contributed by atoms with Crippen molar-refractivity contribution in [3.05, 3.63) is 47.4 Å². The Morgan fingerprint density at radius 2 is 2.11 bits per heavy atom. The van der Waals surface area contributed by atoms with Crippen molar-refractivity contribution in [3.8, 4) is 0 Å². The van der Waals surface area contributed by atoms with Crippen molar-refractivity contribution in [1.82, 2.24) is 4.90 Å². The Morgan fingerprint density at radius 3 is 2.63 bits per heavy atom. The van der Waals surface area contributed by atoms with Crippen LogP contribution >= 0.6 is 23.4 Å². The zero-order chi connectivity index (χ0) is 19.9. The van der Waals surface area contributed by atoms with Crippen molar-refractivity contribution in [3.63, 3.8) is 0 Å². The Hall–Kier alpha value is -1.83. The van der Waals surface area contributed by atoms with Gasteiger partial charge in [0.05, 0.1) is 34.8 Å². The van der Waals surface area contributed by atoms with E-state index in [9.17, 15) is 19.8 Å². The second-order valence-electron chi connectivity index (χ2n) is 6.93. The molecule has 1 amide bonds. The van der Waals surface area contributed by atoms with Crippen molar-refractivity contribution in [2.45, 2.75) is 37.4 Å². The molecule has 0 radical (unpaired) electrons. The zero-order valence-electron chi connectivity index (χ0n) is 15.1. The highest BCUT2D eigenvalue weighted by Gasteiger charge is 2.58. The van der Waals surface area contributed by atoms with E-state index >= 15 is 0 Å². The number of carbonyl (C=O) groups excluding carboxylic acids is 2. The van der Waals surface area contributed by atoms with Crippen molar-refractivity contribution < 1.29 is 24.4 Å². The maximum Gasteiger partial charge on any atom is 0.235 e. The van der Waals surface area contributed by atoms with Crippen molar-refractivity contribution >= 4 is 35.2 Å². The molecule has 2 aliphatic rings. The summed E-state index contributed by atoms with van der Waals surface area (Å²) in [7, 11) is 0. The number of carbonyl (C=O) groups is 2. The Kier molecular flexibility index (Phi) is 5.65. The molecule has 1 aromatic heterocycles. The van der Waals surface area contributed by atoms with Crippen molar-refractivity contribution in [2.24, 2.45) is 11.8 Å². The van der Waals surface area contributed by atoms with Gasteiger partial charge in [-0.25, -0.2) is 0 Å². The number of amides is 1. The molecule has 4 atom stereocenters. The van der Waals surface area contributed by atoms with E-state index in [0.29, 0.717) is 22.9 Å². The quantitative estimate of drug-likeness (QED) is 0.407. The number of allylic oxidation sites excluding steroid dienone is 1. The average molecular weight is 409 g/mol. The Balaban J connectivity index is 1.76. The Labute approximate surface area is 167 Å². The molecule has 0 aromatic carbocycles. The molecule has 0 bridgehead atoms. The van der Waals surface area contributed by atoms with Gasteiger partial charge in [0.2, 0.25) is 5.91 Å². The van der Waals surface area contributed by atoms with Crippen molar-refractivity contribution in [1.29, 1.82) is 0 Å². The number of hydrogen-bond acceptors (Lipinski definition) is 5. The summed E-state index contributed by atoms with van der Waals surface area (Å²) < 4.78 is 1.89. The van der Waals surface area contributed by atoms with E-state index in [4.69, 9.17) is 11.6 Å². The van der Waals surface area contributed by atoms with Crippen LogP contribution in [0.15, 0.2) is 52.3 Å². The van der Waals surface area contributed by atoms with Crippen LogP contribution in [0.5, 0.6) is 0 Å². The largest absolute Gasteiger partial charge is 0.543 e. The molecule has 1 aromatic rings. The molecule has 1 saturated heterocycles. The lowest BCUT2D eigenvalue weighted by molar-refractivity contribution is -0.688. The fourth-order valence-electron chi connectivity index (χ4n) is 3.83. The third-order valence-corrected chi connectivity index (χ3v) is 6.30. The number of rotatable bonds is 7. The van der Waals surface area contributed by atoms with Gasteiger partial charge in [-0.1, -0.05) is 25.1 Å². The van der Waals surface area contributed by atoms with Gasteiger partial charge in [-0.2, -0.15) is 4.57 Å². The number of hydrogen-bond donors (Lipinski definition) is 1. The maximum atomic E-state index is 12.3. The number of fused-ring (bicyclic) bond motifs is 1. The van der Waals surface area contributed by atoms with E-state index in [1.165, 1.54) is 16.7 Å². The minimum atomic E-state index is -1.34. The first-order valence-electron chi connectivity index (χ1n) is 8.63. The van der Waals surface area contributed by atoms with Gasteiger partial charge in [0.25, 0.3) is 0 Å². The number of halogens is 1. The fraction of sp³-hybridized carbons (Fsp3) is 0.421. The topological polar surface area (TPSA) is 84.5 Å². The molecule has 3 heterocycles. The first-order chi connectivity index (χ1) is 12.7. The second-order valence-corrected chi connectivity index (χ2v) is 8.51. The lowest BCUT2D eigenvalue weighted by Crippen LogP contribution is -2.64. The maximum absolute atomic E-state index is 12.3. The summed E-state index contributed by atoms with van der Waals surface area (Å²) >= 11 is 7.30. The third-order valence-electron chi connectivity index (χ3n) is 5.12. The van der Waals surface area contributed by atoms with Crippen LogP contribution < -0.4 is 9.67 Å². The predicted octanol–water partition coefficient (Wildman–Crippen LogP) is 0.680. The van der Waals surface area contributed by atoms with Crippen LogP contribution in [-0.2, 0) is 16.1 Å². The smallest absolute Gasteiger partial charge is 0.235 e. The standard InChI is InChI=1S/C19H21ClN2O4S/c1-10(20)8-21-6-4-13(5-7-21)27-9-14-11(2)16-15(12(3)23)18(24)22(16)17(14)19(25)26/h4-7,11-12,15-16,23H,1,8-9H2,2-3H3/t11-,12+,15+,16+/m0/s1. The van der Waals surface area contributed by atoms with Gasteiger partial charge in [0.1, 0.15) is 0 Å². The van der Waals surface area contributed by atoms with Crippen LogP contribution in [0.4, 0.5) is 0 Å². The predicted molar refractivity (Wildman–Crippen MR) is 99.4 cm³/mol. The van der Waals surface area contributed by atoms with E-state index in [-0.39, 0.29) is 23.6 Å². The van der Waals surface area contributed by atoms with Crippen LogP contribution in [0.2, 0.25) is 0 Å². The summed E-state index contributed by atoms with van der Waals surface area (Å²) in [6.45, 7) is 7.64. The summed E-state index contributed by atoms with van der Waals surface area (Å²) in [4.78, 5) is 26.2. The number of aliphatic hydroxyl groups excluding tert-OH is 1. The number of carboxylic acid groups (broad SMARTS) is 1. The van der Waals surface area contributed by atoms with Crippen molar-refractivity contribution in [2.75, 3.05) is 5.75 Å². The van der Waals surface area contributed by atoms with Crippen LogP contribution in [0.25, 0.3) is 0 Å². The monoisotopic (exact) mass is 408 g/mol. The van der Waals surface area contributed by atoms with E-state index in [1.807, 2.05) is 36.0 Å². The number of thioether (sulfide) groups is 1. The van der Waals surface area contributed by atoms with E-state index in [2.05, 4.69) is 6.58 Å². The second kappa shape index (κ2) is 7.66. The molecule has 1 N–H and O–H groups in total. The fourth-order valence-corrected chi connectivity index (χ4v) is 5.00. The molecular weight excluding hydrogens is 388 g/mol. The summed E-state index contributed by atoms with van der Waals surface area (Å²) in [5.41, 5.74) is 0.638. The number of aromatic nitrogens is 1. The van der Waals surface area contributed by atoms with Gasteiger partial charge in [-0.15, -0.1) is 11.8 Å². The zero-order valence-corrected chi connectivity index (χ0v) is 16.7.